The predicted octanol–water partition coefficient (Wildman–Crippen LogP) is 13.2. The lowest BCUT2D eigenvalue weighted by molar-refractivity contribution is 0.667. The number of rotatable bonds is 5. The van der Waals surface area contributed by atoms with Gasteiger partial charge < -0.3 is 4.90 Å². The van der Waals surface area contributed by atoms with Gasteiger partial charge in [0.2, 0.25) is 0 Å². The minimum Gasteiger partial charge on any atom is -0.310 e. The summed E-state index contributed by atoms with van der Waals surface area (Å²) in [6.45, 7) is 4.77. The van der Waals surface area contributed by atoms with Crippen molar-refractivity contribution in [2.24, 2.45) is 0 Å². The van der Waals surface area contributed by atoms with Gasteiger partial charge in [-0.05, 0) is 80.6 Å². The lowest BCUT2D eigenvalue weighted by Gasteiger charge is -2.27. The molecule has 47 heavy (non-hydrogen) atoms. The molecule has 9 rings (SSSR count). The molecule has 1 aliphatic rings. The lowest BCUT2D eigenvalue weighted by atomic mass is 9.81. The summed E-state index contributed by atoms with van der Waals surface area (Å²) in [6.07, 6.45) is 0. The molecule has 7 aromatic carbocycles. The zero-order valence-corrected chi connectivity index (χ0v) is 27.3. The fourth-order valence-electron chi connectivity index (χ4n) is 7.59. The summed E-state index contributed by atoms with van der Waals surface area (Å²) < 4.78 is 1.37. The number of hydrogen-bond acceptors (Lipinski definition) is 2. The fraction of sp³-hybridized carbons (Fsp3) is 0.0667. The molecule has 2 heteroatoms. The van der Waals surface area contributed by atoms with Gasteiger partial charge in [-0.1, -0.05) is 141 Å². The first-order chi connectivity index (χ1) is 23.1. The first-order valence-electron chi connectivity index (χ1n) is 16.3. The largest absolute Gasteiger partial charge is 0.310 e. The van der Waals surface area contributed by atoms with Crippen molar-refractivity contribution in [1.29, 1.82) is 0 Å². The highest BCUT2D eigenvalue weighted by molar-refractivity contribution is 7.22. The lowest BCUT2D eigenvalue weighted by Crippen LogP contribution is -2.14. The van der Waals surface area contributed by atoms with Gasteiger partial charge in [0.25, 0.3) is 0 Å². The number of benzene rings is 7. The molecule has 0 radical (unpaired) electrons. The Morgan fingerprint density at radius 2 is 1.09 bits per heavy atom. The minimum absolute atomic E-state index is 0.0443. The maximum Gasteiger partial charge on any atom is 0.0540 e. The number of anilines is 3. The average Bonchev–Trinajstić information content (AvgIpc) is 3.63. The molecule has 0 unspecified atom stereocenters. The van der Waals surface area contributed by atoms with Crippen molar-refractivity contribution in [1.82, 2.24) is 0 Å². The monoisotopic (exact) mass is 619 g/mol. The van der Waals surface area contributed by atoms with E-state index in [4.69, 9.17) is 0 Å². The molecule has 1 heterocycles. The van der Waals surface area contributed by atoms with Gasteiger partial charge in [0.15, 0.2) is 0 Å². The van der Waals surface area contributed by atoms with E-state index >= 15 is 0 Å². The Morgan fingerprint density at radius 3 is 1.85 bits per heavy atom. The van der Waals surface area contributed by atoms with Crippen molar-refractivity contribution in [3.63, 3.8) is 0 Å². The van der Waals surface area contributed by atoms with Crippen LogP contribution in [0.1, 0.15) is 25.0 Å². The standard InChI is InChI=1S/C45H33NS/c1-45(2)39-19-11-18-37(42(39)44-43(45)38-17-8-9-21-41(38)47-44)33-24-28-35(29-25-33)46(40-20-10-15-32-14-6-7-16-36(32)40)34-26-22-31(23-27-34)30-12-4-3-5-13-30/h3-29H,1-2H3. The maximum absolute atomic E-state index is 2.39. The molecular weight excluding hydrogens is 587 g/mol. The van der Waals surface area contributed by atoms with Gasteiger partial charge in [-0.3, -0.25) is 0 Å². The van der Waals surface area contributed by atoms with Crippen LogP contribution < -0.4 is 4.90 Å². The van der Waals surface area contributed by atoms with Gasteiger partial charge in [-0.2, -0.15) is 0 Å². The van der Waals surface area contributed by atoms with E-state index in [-0.39, 0.29) is 5.41 Å². The predicted molar refractivity (Wildman–Crippen MR) is 202 cm³/mol. The van der Waals surface area contributed by atoms with Crippen LogP contribution in [0.3, 0.4) is 0 Å². The second-order valence-corrected chi connectivity index (χ2v) is 14.0. The van der Waals surface area contributed by atoms with Crippen molar-refractivity contribution < 1.29 is 0 Å². The third-order valence-corrected chi connectivity index (χ3v) is 11.1. The van der Waals surface area contributed by atoms with E-state index in [0.29, 0.717) is 0 Å². The third kappa shape index (κ3) is 4.44. The van der Waals surface area contributed by atoms with Crippen molar-refractivity contribution >= 4 is 49.3 Å². The number of thiophene rings is 1. The molecule has 0 saturated heterocycles. The summed E-state index contributed by atoms with van der Waals surface area (Å²) in [7, 11) is 0. The second-order valence-electron chi connectivity index (χ2n) is 12.9. The minimum atomic E-state index is -0.0443. The Hall–Kier alpha value is -5.44. The van der Waals surface area contributed by atoms with Crippen LogP contribution in [0.2, 0.25) is 0 Å². The van der Waals surface area contributed by atoms with Crippen LogP contribution in [0.25, 0.3) is 53.6 Å². The molecule has 0 saturated carbocycles. The normalized spacial score (nSPS) is 13.1. The first kappa shape index (κ1) is 27.8. The molecule has 0 N–H and O–H groups in total. The zero-order chi connectivity index (χ0) is 31.5. The van der Waals surface area contributed by atoms with E-state index in [1.165, 1.54) is 70.4 Å². The molecule has 0 spiro atoms. The molecule has 0 aliphatic heterocycles. The molecule has 8 aromatic rings. The zero-order valence-electron chi connectivity index (χ0n) is 26.4. The Labute approximate surface area is 280 Å². The van der Waals surface area contributed by atoms with Crippen LogP contribution in [0.15, 0.2) is 164 Å². The summed E-state index contributed by atoms with van der Waals surface area (Å²) in [5.41, 5.74) is 12.6. The fourth-order valence-corrected chi connectivity index (χ4v) is 9.02. The second kappa shape index (κ2) is 10.8. The summed E-state index contributed by atoms with van der Waals surface area (Å²) in [6, 6.07) is 59.7. The molecule has 0 amide bonds. The molecule has 224 valence electrons. The van der Waals surface area contributed by atoms with Gasteiger partial charge >= 0.3 is 0 Å². The van der Waals surface area contributed by atoms with Crippen LogP contribution >= 0.6 is 11.3 Å². The van der Waals surface area contributed by atoms with E-state index in [0.717, 1.165) is 11.4 Å². The highest BCUT2D eigenvalue weighted by atomic mass is 32.1. The van der Waals surface area contributed by atoms with Crippen molar-refractivity contribution in [2.75, 3.05) is 4.90 Å². The van der Waals surface area contributed by atoms with Crippen LogP contribution in [0.4, 0.5) is 17.1 Å². The highest BCUT2D eigenvalue weighted by Crippen LogP contribution is 2.57. The van der Waals surface area contributed by atoms with Gasteiger partial charge in [-0.15, -0.1) is 11.3 Å². The van der Waals surface area contributed by atoms with Crippen molar-refractivity contribution in [3.8, 4) is 32.7 Å². The van der Waals surface area contributed by atoms with Crippen molar-refractivity contribution in [2.45, 2.75) is 19.3 Å². The van der Waals surface area contributed by atoms with Crippen LogP contribution in [-0.4, -0.2) is 0 Å². The number of fused-ring (bicyclic) bond motifs is 6. The summed E-state index contributed by atoms with van der Waals surface area (Å²) in [5, 5.41) is 3.85. The van der Waals surface area contributed by atoms with E-state index in [1.807, 2.05) is 11.3 Å². The molecule has 0 atom stereocenters. The summed E-state index contributed by atoms with van der Waals surface area (Å²) in [4.78, 5) is 3.81. The van der Waals surface area contributed by atoms with Crippen molar-refractivity contribution in [3.05, 3.63) is 175 Å². The Balaban J connectivity index is 1.17. The topological polar surface area (TPSA) is 3.24 Å². The number of nitrogens with zero attached hydrogens (tertiary/aromatic N) is 1. The molecular formula is C45H33NS. The quantitative estimate of drug-likeness (QED) is 0.185. The Kier molecular flexibility index (Phi) is 6.41. The van der Waals surface area contributed by atoms with Gasteiger partial charge in [0.05, 0.1) is 5.69 Å². The van der Waals surface area contributed by atoms with E-state index in [9.17, 15) is 0 Å². The average molecular weight is 620 g/mol. The molecule has 1 aromatic heterocycles. The Bertz CT molecular complexity index is 2410. The van der Waals surface area contributed by atoms with Gasteiger partial charge in [0, 0.05) is 37.3 Å². The third-order valence-electron chi connectivity index (χ3n) is 9.86. The smallest absolute Gasteiger partial charge is 0.0540 e. The van der Waals surface area contributed by atoms with E-state index < -0.39 is 0 Å². The molecule has 0 fully saturated rings. The van der Waals surface area contributed by atoms with Crippen LogP contribution in [0.5, 0.6) is 0 Å². The first-order valence-corrected chi connectivity index (χ1v) is 17.1. The highest BCUT2D eigenvalue weighted by Gasteiger charge is 2.39. The number of hydrogen-bond donors (Lipinski definition) is 0. The van der Waals surface area contributed by atoms with Crippen LogP contribution in [-0.2, 0) is 5.41 Å². The molecule has 1 aliphatic carbocycles. The summed E-state index contributed by atoms with van der Waals surface area (Å²) in [5.74, 6) is 0. The van der Waals surface area contributed by atoms with E-state index in [1.54, 1.807) is 0 Å². The molecule has 0 bridgehead atoms. The van der Waals surface area contributed by atoms with Crippen LogP contribution in [0, 0.1) is 0 Å². The van der Waals surface area contributed by atoms with Gasteiger partial charge in [0.1, 0.15) is 0 Å². The summed E-state index contributed by atoms with van der Waals surface area (Å²) >= 11 is 1.94. The van der Waals surface area contributed by atoms with Gasteiger partial charge in [-0.25, -0.2) is 0 Å². The maximum atomic E-state index is 2.39. The SMILES string of the molecule is CC1(C)c2cccc(-c3ccc(N(c4ccc(-c5ccccc5)cc4)c4cccc5ccccc45)cc3)c2-c2sc3ccccc3c21. The van der Waals surface area contributed by atoms with E-state index in [2.05, 4.69) is 183 Å². The Morgan fingerprint density at radius 1 is 0.489 bits per heavy atom. The molecule has 1 nitrogen and oxygen atoms in total.